The van der Waals surface area contributed by atoms with Crippen LogP contribution in [0.5, 0.6) is 5.88 Å². The molecule has 0 aliphatic rings. The zero-order valence-corrected chi connectivity index (χ0v) is 9.96. The second-order valence-corrected chi connectivity index (χ2v) is 3.33. The fraction of sp³-hybridized carbons (Fsp3) is 0.333. The minimum Gasteiger partial charge on any atom is -0.481 e. The Hall–Kier alpha value is -2.16. The standard InChI is InChI=1S/C12H12F2N2O2/c1-3-5-10(17)15-8-12(13,14)9-6-4-7-11(16-9)18-2/h4,6-7H,8H2,1-2H3,(H,15,17). The highest BCUT2D eigenvalue weighted by Gasteiger charge is 2.33. The number of carbonyl (C=O) groups excluding carboxylic acids is 1. The van der Waals surface area contributed by atoms with Crippen LogP contribution in [-0.4, -0.2) is 24.5 Å². The van der Waals surface area contributed by atoms with Crippen molar-refractivity contribution in [3.63, 3.8) is 0 Å². The molecule has 1 heterocycles. The molecule has 0 aliphatic heterocycles. The molecular weight excluding hydrogens is 242 g/mol. The molecule has 0 unspecified atom stereocenters. The van der Waals surface area contributed by atoms with Crippen molar-refractivity contribution in [2.45, 2.75) is 12.8 Å². The maximum Gasteiger partial charge on any atom is 0.306 e. The molecule has 0 aliphatic carbocycles. The number of methoxy groups -OCH3 is 1. The summed E-state index contributed by atoms with van der Waals surface area (Å²) >= 11 is 0. The van der Waals surface area contributed by atoms with E-state index in [1.807, 2.05) is 5.32 Å². The molecule has 18 heavy (non-hydrogen) atoms. The summed E-state index contributed by atoms with van der Waals surface area (Å²) in [7, 11) is 1.34. The summed E-state index contributed by atoms with van der Waals surface area (Å²) in [6.45, 7) is 0.585. The second kappa shape index (κ2) is 5.96. The molecule has 96 valence electrons. The van der Waals surface area contributed by atoms with Gasteiger partial charge in [-0.3, -0.25) is 4.79 Å². The Morgan fingerprint density at radius 1 is 1.56 bits per heavy atom. The first kappa shape index (κ1) is 13.9. The molecule has 1 N–H and O–H groups in total. The van der Waals surface area contributed by atoms with Gasteiger partial charge in [0.05, 0.1) is 13.7 Å². The van der Waals surface area contributed by atoms with E-state index in [4.69, 9.17) is 4.74 Å². The normalized spacial score (nSPS) is 10.2. The van der Waals surface area contributed by atoms with Crippen molar-refractivity contribution in [3.05, 3.63) is 23.9 Å². The first-order chi connectivity index (χ1) is 8.49. The fourth-order valence-corrected chi connectivity index (χ4v) is 1.17. The minimum atomic E-state index is -3.28. The van der Waals surface area contributed by atoms with Crippen molar-refractivity contribution in [1.82, 2.24) is 10.3 Å². The van der Waals surface area contributed by atoms with Crippen LogP contribution in [0.25, 0.3) is 0 Å². The highest BCUT2D eigenvalue weighted by molar-refractivity contribution is 5.93. The average Bonchev–Trinajstić information content (AvgIpc) is 2.37. The summed E-state index contributed by atoms with van der Waals surface area (Å²) in [4.78, 5) is 14.6. The van der Waals surface area contributed by atoms with Crippen LogP contribution in [0.2, 0.25) is 0 Å². The van der Waals surface area contributed by atoms with Gasteiger partial charge in [-0.1, -0.05) is 12.0 Å². The second-order valence-electron chi connectivity index (χ2n) is 3.33. The molecule has 4 nitrogen and oxygen atoms in total. The van der Waals surface area contributed by atoms with Gasteiger partial charge < -0.3 is 10.1 Å². The Bertz CT molecular complexity index is 492. The van der Waals surface area contributed by atoms with Crippen LogP contribution in [0.1, 0.15) is 12.6 Å². The van der Waals surface area contributed by atoms with Crippen molar-refractivity contribution in [1.29, 1.82) is 0 Å². The number of aromatic nitrogens is 1. The van der Waals surface area contributed by atoms with Gasteiger partial charge in [0.2, 0.25) is 5.88 Å². The van der Waals surface area contributed by atoms with Crippen LogP contribution in [0.4, 0.5) is 8.78 Å². The number of carbonyl (C=O) groups is 1. The van der Waals surface area contributed by atoms with Crippen molar-refractivity contribution < 1.29 is 18.3 Å². The molecular formula is C12H12F2N2O2. The number of pyridine rings is 1. The number of alkyl halides is 2. The van der Waals surface area contributed by atoms with E-state index >= 15 is 0 Å². The van der Waals surface area contributed by atoms with Crippen LogP contribution in [0.3, 0.4) is 0 Å². The SMILES string of the molecule is CC#CC(=O)NCC(F)(F)c1cccc(OC)n1. The number of amides is 1. The van der Waals surface area contributed by atoms with Gasteiger partial charge in [0.15, 0.2) is 0 Å². The molecule has 1 aromatic rings. The number of nitrogens with zero attached hydrogens (tertiary/aromatic N) is 1. The van der Waals surface area contributed by atoms with Crippen molar-refractivity contribution in [2.24, 2.45) is 0 Å². The third-order valence-electron chi connectivity index (χ3n) is 2.02. The summed E-state index contributed by atoms with van der Waals surface area (Å²) in [5, 5.41) is 2.02. The zero-order valence-electron chi connectivity index (χ0n) is 9.96. The molecule has 6 heteroatoms. The van der Waals surface area contributed by atoms with Gasteiger partial charge in [-0.05, 0) is 18.9 Å². The quantitative estimate of drug-likeness (QED) is 0.824. The lowest BCUT2D eigenvalue weighted by molar-refractivity contribution is -0.117. The van der Waals surface area contributed by atoms with Gasteiger partial charge in [0.25, 0.3) is 5.91 Å². The van der Waals surface area contributed by atoms with Crippen molar-refractivity contribution in [2.75, 3.05) is 13.7 Å². The van der Waals surface area contributed by atoms with Crippen LogP contribution in [0, 0.1) is 11.8 Å². The monoisotopic (exact) mass is 254 g/mol. The fourth-order valence-electron chi connectivity index (χ4n) is 1.17. The lowest BCUT2D eigenvalue weighted by Gasteiger charge is -2.16. The van der Waals surface area contributed by atoms with Crippen LogP contribution in [-0.2, 0) is 10.7 Å². The van der Waals surface area contributed by atoms with Crippen LogP contribution in [0.15, 0.2) is 18.2 Å². The van der Waals surface area contributed by atoms with E-state index in [1.165, 1.54) is 32.2 Å². The first-order valence-electron chi connectivity index (χ1n) is 5.09. The third kappa shape index (κ3) is 3.70. The first-order valence-corrected chi connectivity index (χ1v) is 5.09. The lowest BCUT2D eigenvalue weighted by Crippen LogP contribution is -2.34. The largest absolute Gasteiger partial charge is 0.481 e. The minimum absolute atomic E-state index is 0.0897. The van der Waals surface area contributed by atoms with E-state index in [-0.39, 0.29) is 5.88 Å². The van der Waals surface area contributed by atoms with E-state index in [9.17, 15) is 13.6 Å². The van der Waals surface area contributed by atoms with Gasteiger partial charge in [-0.25, -0.2) is 4.98 Å². The maximum atomic E-state index is 13.7. The van der Waals surface area contributed by atoms with Crippen LogP contribution < -0.4 is 10.1 Å². The Morgan fingerprint density at radius 3 is 2.89 bits per heavy atom. The third-order valence-corrected chi connectivity index (χ3v) is 2.02. The molecule has 1 aromatic heterocycles. The molecule has 0 aromatic carbocycles. The Labute approximate surface area is 103 Å². The maximum absolute atomic E-state index is 13.7. The highest BCUT2D eigenvalue weighted by atomic mass is 19.3. The van der Waals surface area contributed by atoms with E-state index in [1.54, 1.807) is 0 Å². The molecule has 0 saturated carbocycles. The number of rotatable bonds is 4. The van der Waals surface area contributed by atoms with E-state index < -0.39 is 24.1 Å². The zero-order chi connectivity index (χ0) is 13.6. The van der Waals surface area contributed by atoms with Gasteiger partial charge in [-0.2, -0.15) is 8.78 Å². The van der Waals surface area contributed by atoms with Gasteiger partial charge in [0.1, 0.15) is 5.69 Å². The van der Waals surface area contributed by atoms with Gasteiger partial charge in [-0.15, -0.1) is 0 Å². The average molecular weight is 254 g/mol. The molecule has 0 fully saturated rings. The van der Waals surface area contributed by atoms with Gasteiger partial charge >= 0.3 is 5.92 Å². The highest BCUT2D eigenvalue weighted by Crippen LogP contribution is 2.26. The molecule has 1 amide bonds. The van der Waals surface area contributed by atoms with E-state index in [0.29, 0.717) is 0 Å². The molecule has 0 saturated heterocycles. The predicted molar refractivity (Wildman–Crippen MR) is 61.1 cm³/mol. The molecule has 0 radical (unpaired) electrons. The Kier molecular flexibility index (Phi) is 4.60. The summed E-state index contributed by atoms with van der Waals surface area (Å²) in [5.41, 5.74) is -0.466. The number of nitrogens with one attached hydrogen (secondary N) is 1. The molecule has 0 atom stereocenters. The van der Waals surface area contributed by atoms with Crippen molar-refractivity contribution in [3.8, 4) is 17.7 Å². The molecule has 1 rings (SSSR count). The van der Waals surface area contributed by atoms with Gasteiger partial charge in [0, 0.05) is 6.07 Å². The lowest BCUT2D eigenvalue weighted by atomic mass is 10.2. The topological polar surface area (TPSA) is 51.2 Å². The number of hydrogen-bond donors (Lipinski definition) is 1. The Balaban J connectivity index is 2.77. The Morgan fingerprint density at radius 2 is 2.28 bits per heavy atom. The number of ether oxygens (including phenoxy) is 1. The number of halogens is 2. The smallest absolute Gasteiger partial charge is 0.306 e. The summed E-state index contributed by atoms with van der Waals surface area (Å²) < 4.78 is 32.1. The van der Waals surface area contributed by atoms with Crippen molar-refractivity contribution >= 4 is 5.91 Å². The van der Waals surface area contributed by atoms with E-state index in [2.05, 4.69) is 16.8 Å². The van der Waals surface area contributed by atoms with E-state index in [0.717, 1.165) is 0 Å². The van der Waals surface area contributed by atoms with Crippen LogP contribution >= 0.6 is 0 Å². The summed E-state index contributed by atoms with van der Waals surface area (Å²) in [6, 6.07) is 4.03. The molecule has 0 spiro atoms. The summed E-state index contributed by atoms with van der Waals surface area (Å²) in [5.74, 6) is 0.494. The summed E-state index contributed by atoms with van der Waals surface area (Å²) in [6.07, 6.45) is 0. The predicted octanol–water partition coefficient (Wildman–Crippen LogP) is 1.32. The number of hydrogen-bond acceptors (Lipinski definition) is 3. The molecule has 0 bridgehead atoms.